The van der Waals surface area contributed by atoms with E-state index in [1.54, 1.807) is 0 Å². The zero-order chi connectivity index (χ0) is 12.5. The average Bonchev–Trinajstić information content (AvgIpc) is 2.44. The first-order valence-corrected chi connectivity index (χ1v) is 7.54. The van der Waals surface area contributed by atoms with E-state index in [9.17, 15) is 0 Å². The number of nitrogens with zero attached hydrogens (tertiary/aromatic N) is 1. The molecule has 3 rings (SSSR count). The standard InChI is InChI=1S/C17H25N/c1-13-16-11-7-6-10-15(16)12-17(18(13)2)14-8-4-3-5-9-14/h3-5,8-9,13,15-17H,6-7,10-12H2,1-2H3. The van der Waals surface area contributed by atoms with Crippen molar-refractivity contribution in [3.05, 3.63) is 35.9 Å². The van der Waals surface area contributed by atoms with Crippen LogP contribution in [0.3, 0.4) is 0 Å². The van der Waals surface area contributed by atoms with Crippen LogP contribution in [0, 0.1) is 11.8 Å². The molecule has 1 aromatic rings. The predicted molar refractivity (Wildman–Crippen MR) is 76.5 cm³/mol. The molecule has 98 valence electrons. The zero-order valence-corrected chi connectivity index (χ0v) is 11.7. The summed E-state index contributed by atoms with van der Waals surface area (Å²) < 4.78 is 0. The van der Waals surface area contributed by atoms with Crippen LogP contribution in [0.1, 0.15) is 50.6 Å². The number of fused-ring (bicyclic) bond motifs is 1. The van der Waals surface area contributed by atoms with Crippen LogP contribution < -0.4 is 0 Å². The highest BCUT2D eigenvalue weighted by molar-refractivity contribution is 5.20. The van der Waals surface area contributed by atoms with Crippen LogP contribution >= 0.6 is 0 Å². The molecule has 1 aromatic carbocycles. The molecule has 0 bridgehead atoms. The lowest BCUT2D eigenvalue weighted by Gasteiger charge is -2.49. The summed E-state index contributed by atoms with van der Waals surface area (Å²) >= 11 is 0. The molecule has 18 heavy (non-hydrogen) atoms. The number of benzene rings is 1. The van der Waals surface area contributed by atoms with E-state index in [1.165, 1.54) is 37.7 Å². The molecular formula is C17H25N. The lowest BCUT2D eigenvalue weighted by atomic mass is 9.68. The van der Waals surface area contributed by atoms with Gasteiger partial charge >= 0.3 is 0 Å². The molecule has 4 atom stereocenters. The van der Waals surface area contributed by atoms with Crippen molar-refractivity contribution in [3.63, 3.8) is 0 Å². The molecule has 0 spiro atoms. The van der Waals surface area contributed by atoms with Crippen molar-refractivity contribution in [2.45, 2.75) is 51.1 Å². The Morgan fingerprint density at radius 2 is 1.78 bits per heavy atom. The number of rotatable bonds is 1. The summed E-state index contributed by atoms with van der Waals surface area (Å²) in [6.45, 7) is 2.44. The fourth-order valence-corrected chi connectivity index (χ4v) is 4.25. The second kappa shape index (κ2) is 5.05. The van der Waals surface area contributed by atoms with E-state index >= 15 is 0 Å². The first kappa shape index (κ1) is 12.2. The second-order valence-electron chi connectivity index (χ2n) is 6.28. The van der Waals surface area contributed by atoms with Crippen molar-refractivity contribution < 1.29 is 0 Å². The molecule has 1 saturated carbocycles. The summed E-state index contributed by atoms with van der Waals surface area (Å²) in [7, 11) is 2.33. The highest BCUT2D eigenvalue weighted by Crippen LogP contribution is 2.46. The Bertz CT molecular complexity index is 384. The molecule has 0 N–H and O–H groups in total. The van der Waals surface area contributed by atoms with Gasteiger partial charge < -0.3 is 0 Å². The molecule has 0 aromatic heterocycles. The first-order chi connectivity index (χ1) is 8.77. The van der Waals surface area contributed by atoms with E-state index in [-0.39, 0.29) is 0 Å². The fraction of sp³-hybridized carbons (Fsp3) is 0.647. The largest absolute Gasteiger partial charge is 0.296 e. The van der Waals surface area contributed by atoms with Gasteiger partial charge in [-0.25, -0.2) is 0 Å². The zero-order valence-electron chi connectivity index (χ0n) is 11.7. The minimum Gasteiger partial charge on any atom is -0.296 e. The van der Waals surface area contributed by atoms with E-state index in [0.717, 1.165) is 17.9 Å². The molecule has 1 saturated heterocycles. The molecule has 1 aliphatic carbocycles. The monoisotopic (exact) mass is 243 g/mol. The molecule has 0 radical (unpaired) electrons. The van der Waals surface area contributed by atoms with Crippen molar-refractivity contribution in [1.29, 1.82) is 0 Å². The Hall–Kier alpha value is -0.820. The molecule has 2 fully saturated rings. The number of hydrogen-bond acceptors (Lipinski definition) is 1. The van der Waals surface area contributed by atoms with Gasteiger partial charge in [-0.3, -0.25) is 4.90 Å². The van der Waals surface area contributed by atoms with Crippen molar-refractivity contribution in [1.82, 2.24) is 4.90 Å². The normalized spacial score (nSPS) is 37.2. The van der Waals surface area contributed by atoms with Crippen LogP contribution in [-0.2, 0) is 0 Å². The summed E-state index contributed by atoms with van der Waals surface area (Å²) in [5.74, 6) is 1.92. The van der Waals surface area contributed by atoms with Crippen LogP contribution in [0.5, 0.6) is 0 Å². The van der Waals surface area contributed by atoms with E-state index in [2.05, 4.69) is 49.2 Å². The number of likely N-dealkylation sites (tertiary alicyclic amines) is 1. The van der Waals surface area contributed by atoms with Gasteiger partial charge in [0.05, 0.1) is 0 Å². The molecule has 1 heteroatoms. The quantitative estimate of drug-likeness (QED) is 0.712. The molecule has 1 heterocycles. The SMILES string of the molecule is CC1C2CCCCC2CC(c2ccccc2)N1C. The van der Waals surface area contributed by atoms with Crippen molar-refractivity contribution in [2.24, 2.45) is 11.8 Å². The van der Waals surface area contributed by atoms with Crippen LogP contribution in [0.25, 0.3) is 0 Å². The van der Waals surface area contributed by atoms with Crippen molar-refractivity contribution >= 4 is 0 Å². The summed E-state index contributed by atoms with van der Waals surface area (Å²) in [5.41, 5.74) is 1.51. The van der Waals surface area contributed by atoms with Crippen molar-refractivity contribution in [3.8, 4) is 0 Å². The van der Waals surface area contributed by atoms with Gasteiger partial charge in [-0.2, -0.15) is 0 Å². The molecule has 2 aliphatic rings. The lowest BCUT2D eigenvalue weighted by Crippen LogP contribution is -2.48. The van der Waals surface area contributed by atoms with Gasteiger partial charge in [0.2, 0.25) is 0 Å². The third-order valence-electron chi connectivity index (χ3n) is 5.43. The molecule has 4 unspecified atom stereocenters. The molecule has 1 aliphatic heterocycles. The van der Waals surface area contributed by atoms with E-state index in [0.29, 0.717) is 6.04 Å². The summed E-state index contributed by atoms with van der Waals surface area (Å²) in [6, 6.07) is 12.5. The molecule has 0 amide bonds. The van der Waals surface area contributed by atoms with E-state index in [1.807, 2.05) is 0 Å². The Kier molecular flexibility index (Phi) is 3.43. The Balaban J connectivity index is 1.84. The van der Waals surface area contributed by atoms with Crippen LogP contribution in [0.4, 0.5) is 0 Å². The molecular weight excluding hydrogens is 218 g/mol. The average molecular weight is 243 g/mol. The smallest absolute Gasteiger partial charge is 0.0350 e. The van der Waals surface area contributed by atoms with Gasteiger partial charge in [-0.05, 0) is 44.2 Å². The predicted octanol–water partition coefficient (Wildman–Crippen LogP) is 4.26. The highest BCUT2D eigenvalue weighted by atomic mass is 15.2. The van der Waals surface area contributed by atoms with Gasteiger partial charge in [-0.1, -0.05) is 49.6 Å². The van der Waals surface area contributed by atoms with Gasteiger partial charge in [-0.15, -0.1) is 0 Å². The number of hydrogen-bond donors (Lipinski definition) is 0. The Morgan fingerprint density at radius 1 is 1.06 bits per heavy atom. The maximum Gasteiger partial charge on any atom is 0.0350 e. The van der Waals surface area contributed by atoms with Gasteiger partial charge in [0.1, 0.15) is 0 Å². The van der Waals surface area contributed by atoms with Gasteiger partial charge in [0.25, 0.3) is 0 Å². The Morgan fingerprint density at radius 3 is 2.56 bits per heavy atom. The summed E-state index contributed by atoms with van der Waals surface area (Å²) in [4.78, 5) is 2.63. The van der Waals surface area contributed by atoms with Crippen molar-refractivity contribution in [2.75, 3.05) is 7.05 Å². The van der Waals surface area contributed by atoms with Gasteiger partial charge in [0.15, 0.2) is 0 Å². The molecule has 1 nitrogen and oxygen atoms in total. The number of piperidine rings is 1. The maximum atomic E-state index is 2.63. The van der Waals surface area contributed by atoms with E-state index < -0.39 is 0 Å². The topological polar surface area (TPSA) is 3.24 Å². The minimum atomic E-state index is 0.639. The van der Waals surface area contributed by atoms with Crippen LogP contribution in [-0.4, -0.2) is 18.0 Å². The highest BCUT2D eigenvalue weighted by Gasteiger charge is 2.40. The van der Waals surface area contributed by atoms with Gasteiger partial charge in [0, 0.05) is 12.1 Å². The van der Waals surface area contributed by atoms with Crippen LogP contribution in [0.2, 0.25) is 0 Å². The fourth-order valence-electron chi connectivity index (χ4n) is 4.25. The summed E-state index contributed by atoms with van der Waals surface area (Å²) in [6.07, 6.45) is 7.20. The van der Waals surface area contributed by atoms with E-state index in [4.69, 9.17) is 0 Å². The Labute approximate surface area is 111 Å². The third-order valence-corrected chi connectivity index (χ3v) is 5.43. The lowest BCUT2D eigenvalue weighted by molar-refractivity contribution is 0.00664. The summed E-state index contributed by atoms with van der Waals surface area (Å²) in [5, 5.41) is 0. The minimum absolute atomic E-state index is 0.639. The van der Waals surface area contributed by atoms with Crippen LogP contribution in [0.15, 0.2) is 30.3 Å². The maximum absolute atomic E-state index is 2.63. The first-order valence-electron chi connectivity index (χ1n) is 7.54. The second-order valence-corrected chi connectivity index (χ2v) is 6.28. The third kappa shape index (κ3) is 2.09.